The van der Waals surface area contributed by atoms with E-state index in [1.807, 2.05) is 30.3 Å². The van der Waals surface area contributed by atoms with Gasteiger partial charge in [0.2, 0.25) is 0 Å². The molecule has 0 unspecified atom stereocenters. The molecular formula is C17H12O4. The first-order chi connectivity index (χ1) is 10.2. The van der Waals surface area contributed by atoms with Crippen molar-refractivity contribution in [1.82, 2.24) is 0 Å². The molecule has 3 aromatic rings. The van der Waals surface area contributed by atoms with E-state index in [0.29, 0.717) is 34.3 Å². The van der Waals surface area contributed by atoms with Crippen molar-refractivity contribution in [3.63, 3.8) is 0 Å². The van der Waals surface area contributed by atoms with Crippen LogP contribution in [-0.4, -0.2) is 13.4 Å². The second kappa shape index (κ2) is 5.25. The third kappa shape index (κ3) is 2.31. The van der Waals surface area contributed by atoms with Gasteiger partial charge in [0.05, 0.1) is 12.5 Å². The molecule has 0 N–H and O–H groups in total. The van der Waals surface area contributed by atoms with Gasteiger partial charge < -0.3 is 9.15 Å². The second-order valence-corrected chi connectivity index (χ2v) is 4.56. The first kappa shape index (κ1) is 13.1. The van der Waals surface area contributed by atoms with Crippen molar-refractivity contribution >= 4 is 17.3 Å². The number of carbonyl (C=O) groups is 1. The Bertz CT molecular complexity index is 863. The average Bonchev–Trinajstić information content (AvgIpc) is 2.54. The molecular weight excluding hydrogens is 268 g/mol. The van der Waals surface area contributed by atoms with Crippen LogP contribution in [0.25, 0.3) is 22.3 Å². The van der Waals surface area contributed by atoms with Gasteiger partial charge in [-0.2, -0.15) is 0 Å². The third-order valence-electron chi connectivity index (χ3n) is 3.23. The lowest BCUT2D eigenvalue weighted by molar-refractivity contribution is 0.112. The van der Waals surface area contributed by atoms with Crippen molar-refractivity contribution in [2.24, 2.45) is 0 Å². The Labute approximate surface area is 120 Å². The third-order valence-corrected chi connectivity index (χ3v) is 3.23. The van der Waals surface area contributed by atoms with Crippen molar-refractivity contribution < 1.29 is 13.9 Å². The van der Waals surface area contributed by atoms with Crippen molar-refractivity contribution in [2.75, 3.05) is 7.11 Å². The number of benzene rings is 2. The lowest BCUT2D eigenvalue weighted by Gasteiger charge is -2.07. The van der Waals surface area contributed by atoms with E-state index in [1.54, 1.807) is 6.07 Å². The molecule has 0 aliphatic rings. The SMILES string of the molecule is COc1cc(C=O)cc2c(=O)cc(-c3ccccc3)oc12. The van der Waals surface area contributed by atoms with E-state index in [1.165, 1.54) is 19.2 Å². The summed E-state index contributed by atoms with van der Waals surface area (Å²) in [5, 5.41) is 0.330. The van der Waals surface area contributed by atoms with Crippen LogP contribution in [-0.2, 0) is 0 Å². The Balaban J connectivity index is 2.34. The van der Waals surface area contributed by atoms with Gasteiger partial charge >= 0.3 is 0 Å². The lowest BCUT2D eigenvalue weighted by atomic mass is 10.1. The maximum atomic E-state index is 12.3. The van der Waals surface area contributed by atoms with Gasteiger partial charge in [-0.3, -0.25) is 9.59 Å². The van der Waals surface area contributed by atoms with Crippen molar-refractivity contribution in [3.05, 3.63) is 64.3 Å². The first-order valence-corrected chi connectivity index (χ1v) is 6.39. The zero-order valence-corrected chi connectivity index (χ0v) is 11.3. The van der Waals surface area contributed by atoms with E-state index >= 15 is 0 Å². The number of aldehydes is 1. The number of carbonyl (C=O) groups excluding carboxylic acids is 1. The topological polar surface area (TPSA) is 56.5 Å². The summed E-state index contributed by atoms with van der Waals surface area (Å²) in [4.78, 5) is 23.2. The average molecular weight is 280 g/mol. The Hall–Kier alpha value is -2.88. The standard InChI is InChI=1S/C17H12O4/c1-20-16-8-11(10-18)7-13-14(19)9-15(21-17(13)16)12-5-3-2-4-6-12/h2-10H,1H3. The summed E-state index contributed by atoms with van der Waals surface area (Å²) in [6.07, 6.45) is 0.673. The molecule has 0 atom stereocenters. The maximum absolute atomic E-state index is 12.3. The molecule has 4 nitrogen and oxygen atoms in total. The largest absolute Gasteiger partial charge is 0.493 e. The van der Waals surface area contributed by atoms with Gasteiger partial charge in [0, 0.05) is 17.2 Å². The Morgan fingerprint density at radius 3 is 2.52 bits per heavy atom. The molecule has 4 heteroatoms. The highest BCUT2D eigenvalue weighted by atomic mass is 16.5. The summed E-state index contributed by atoms with van der Waals surface area (Å²) in [7, 11) is 1.47. The lowest BCUT2D eigenvalue weighted by Crippen LogP contribution is -2.02. The summed E-state index contributed by atoms with van der Waals surface area (Å²) >= 11 is 0. The van der Waals surface area contributed by atoms with Crippen LogP contribution in [0.4, 0.5) is 0 Å². The summed E-state index contributed by atoms with van der Waals surface area (Å²) in [6.45, 7) is 0. The molecule has 0 aliphatic carbocycles. The van der Waals surface area contributed by atoms with Gasteiger partial charge in [0.1, 0.15) is 12.0 Å². The predicted molar refractivity (Wildman–Crippen MR) is 79.9 cm³/mol. The van der Waals surface area contributed by atoms with Gasteiger partial charge in [-0.1, -0.05) is 30.3 Å². The number of fused-ring (bicyclic) bond motifs is 1. The maximum Gasteiger partial charge on any atom is 0.193 e. The Morgan fingerprint density at radius 1 is 1.10 bits per heavy atom. The predicted octanol–water partition coefficient (Wildman–Crippen LogP) is 3.28. The fraction of sp³-hybridized carbons (Fsp3) is 0.0588. The smallest absolute Gasteiger partial charge is 0.193 e. The minimum absolute atomic E-state index is 0.211. The fourth-order valence-electron chi connectivity index (χ4n) is 2.21. The van der Waals surface area contributed by atoms with E-state index in [4.69, 9.17) is 9.15 Å². The van der Waals surface area contributed by atoms with Crippen LogP contribution >= 0.6 is 0 Å². The summed E-state index contributed by atoms with van der Waals surface area (Å²) < 4.78 is 11.0. The molecule has 1 aromatic heterocycles. The second-order valence-electron chi connectivity index (χ2n) is 4.56. The van der Waals surface area contributed by atoms with Gasteiger partial charge in [0.25, 0.3) is 0 Å². The molecule has 104 valence electrons. The van der Waals surface area contributed by atoms with E-state index < -0.39 is 0 Å². The van der Waals surface area contributed by atoms with Crippen LogP contribution in [0.2, 0.25) is 0 Å². The molecule has 2 aromatic carbocycles. The van der Waals surface area contributed by atoms with Gasteiger partial charge in [-0.15, -0.1) is 0 Å². The zero-order chi connectivity index (χ0) is 14.8. The number of ether oxygens (including phenoxy) is 1. The molecule has 0 amide bonds. The summed E-state index contributed by atoms with van der Waals surface area (Å²) in [5.41, 5.74) is 1.31. The van der Waals surface area contributed by atoms with Crippen LogP contribution < -0.4 is 10.2 Å². The van der Waals surface area contributed by atoms with Crippen molar-refractivity contribution in [3.8, 4) is 17.1 Å². The van der Waals surface area contributed by atoms with E-state index in [-0.39, 0.29) is 5.43 Å². The molecule has 1 heterocycles. The Morgan fingerprint density at radius 2 is 1.86 bits per heavy atom. The zero-order valence-electron chi connectivity index (χ0n) is 11.3. The molecule has 0 fully saturated rings. The molecule has 0 radical (unpaired) electrons. The fourth-order valence-corrected chi connectivity index (χ4v) is 2.21. The normalized spacial score (nSPS) is 10.5. The minimum Gasteiger partial charge on any atom is -0.493 e. The van der Waals surface area contributed by atoms with Crippen molar-refractivity contribution in [2.45, 2.75) is 0 Å². The van der Waals surface area contributed by atoms with Crippen LogP contribution in [0.3, 0.4) is 0 Å². The van der Waals surface area contributed by atoms with Gasteiger partial charge in [-0.05, 0) is 12.1 Å². The van der Waals surface area contributed by atoms with Crippen LogP contribution in [0.15, 0.2) is 57.7 Å². The van der Waals surface area contributed by atoms with Gasteiger partial charge in [-0.25, -0.2) is 0 Å². The highest BCUT2D eigenvalue weighted by Crippen LogP contribution is 2.29. The molecule has 3 rings (SSSR count). The van der Waals surface area contributed by atoms with E-state index in [2.05, 4.69) is 0 Å². The van der Waals surface area contributed by atoms with E-state index in [9.17, 15) is 9.59 Å². The quantitative estimate of drug-likeness (QED) is 0.691. The van der Waals surface area contributed by atoms with Crippen molar-refractivity contribution in [1.29, 1.82) is 0 Å². The summed E-state index contributed by atoms with van der Waals surface area (Å²) in [6, 6.07) is 13.8. The van der Waals surface area contributed by atoms with E-state index in [0.717, 1.165) is 5.56 Å². The molecule has 21 heavy (non-hydrogen) atoms. The van der Waals surface area contributed by atoms with Crippen LogP contribution in [0.5, 0.6) is 5.75 Å². The highest BCUT2D eigenvalue weighted by Gasteiger charge is 2.12. The molecule has 0 spiro atoms. The minimum atomic E-state index is -0.211. The monoisotopic (exact) mass is 280 g/mol. The van der Waals surface area contributed by atoms with Crippen LogP contribution in [0, 0.1) is 0 Å². The molecule has 0 bridgehead atoms. The van der Waals surface area contributed by atoms with Gasteiger partial charge in [0.15, 0.2) is 16.8 Å². The number of hydrogen-bond donors (Lipinski definition) is 0. The number of hydrogen-bond acceptors (Lipinski definition) is 4. The molecule has 0 aliphatic heterocycles. The number of methoxy groups -OCH3 is 1. The molecule has 0 saturated carbocycles. The Kier molecular flexibility index (Phi) is 3.28. The highest BCUT2D eigenvalue weighted by molar-refractivity contribution is 5.90. The summed E-state index contributed by atoms with van der Waals surface area (Å²) in [5.74, 6) is 0.828. The first-order valence-electron chi connectivity index (χ1n) is 6.39. The number of rotatable bonds is 3. The molecule has 0 saturated heterocycles. The van der Waals surface area contributed by atoms with Crippen LogP contribution in [0.1, 0.15) is 10.4 Å².